The molecule has 2 aromatic rings. The number of nitrogens with zero attached hydrogens (tertiary/aromatic N) is 1. The predicted octanol–water partition coefficient (Wildman–Crippen LogP) is 2.84. The third-order valence-corrected chi connectivity index (χ3v) is 2.11. The SMILES string of the molecule is [CH2]CCc1c[nH]c(-c2ccccc2)n1. The Morgan fingerprint density at radius 1 is 1.21 bits per heavy atom. The van der Waals surface area contributed by atoms with E-state index in [1.165, 1.54) is 0 Å². The van der Waals surface area contributed by atoms with Crippen LogP contribution in [0.25, 0.3) is 11.4 Å². The third-order valence-electron chi connectivity index (χ3n) is 2.11. The fourth-order valence-electron chi connectivity index (χ4n) is 1.41. The summed E-state index contributed by atoms with van der Waals surface area (Å²) in [6, 6.07) is 10.1. The molecule has 1 N–H and O–H groups in total. The smallest absolute Gasteiger partial charge is 0.137 e. The third kappa shape index (κ3) is 1.84. The largest absolute Gasteiger partial charge is 0.344 e. The average molecular weight is 185 g/mol. The van der Waals surface area contributed by atoms with Crippen LogP contribution in [0.1, 0.15) is 12.1 Å². The van der Waals surface area contributed by atoms with E-state index in [-0.39, 0.29) is 0 Å². The molecule has 0 aliphatic heterocycles. The average Bonchev–Trinajstić information content (AvgIpc) is 2.68. The maximum absolute atomic E-state index is 4.47. The standard InChI is InChI=1S/C12H13N2/c1-2-6-11-9-13-12(14-11)10-7-4-3-5-8-10/h3-5,7-9H,1-2,6H2,(H,13,14). The van der Waals surface area contributed by atoms with E-state index < -0.39 is 0 Å². The quantitative estimate of drug-likeness (QED) is 0.782. The van der Waals surface area contributed by atoms with Gasteiger partial charge in [0.25, 0.3) is 0 Å². The Labute approximate surface area is 84.0 Å². The van der Waals surface area contributed by atoms with Crippen LogP contribution in [0.4, 0.5) is 0 Å². The van der Waals surface area contributed by atoms with Gasteiger partial charge in [0, 0.05) is 11.8 Å². The summed E-state index contributed by atoms with van der Waals surface area (Å²) in [5.41, 5.74) is 2.21. The van der Waals surface area contributed by atoms with Gasteiger partial charge in [-0.15, -0.1) is 0 Å². The summed E-state index contributed by atoms with van der Waals surface area (Å²) in [5.74, 6) is 0.939. The molecule has 1 aromatic heterocycles. The summed E-state index contributed by atoms with van der Waals surface area (Å²) in [5, 5.41) is 0. The Morgan fingerprint density at radius 3 is 2.71 bits per heavy atom. The van der Waals surface area contributed by atoms with E-state index in [1.54, 1.807) is 0 Å². The summed E-state index contributed by atoms with van der Waals surface area (Å²) in [4.78, 5) is 7.64. The Kier molecular flexibility index (Phi) is 2.63. The lowest BCUT2D eigenvalue weighted by molar-refractivity contribution is 0.958. The summed E-state index contributed by atoms with van der Waals surface area (Å²) >= 11 is 0. The molecule has 1 aromatic carbocycles. The monoisotopic (exact) mass is 185 g/mol. The molecule has 2 rings (SSSR count). The Bertz CT molecular complexity index is 390. The van der Waals surface area contributed by atoms with Gasteiger partial charge in [0.2, 0.25) is 0 Å². The molecule has 0 amide bonds. The van der Waals surface area contributed by atoms with E-state index in [2.05, 4.69) is 16.9 Å². The van der Waals surface area contributed by atoms with Crippen molar-refractivity contribution in [2.75, 3.05) is 0 Å². The number of aromatic amines is 1. The lowest BCUT2D eigenvalue weighted by Crippen LogP contribution is -1.83. The van der Waals surface area contributed by atoms with Gasteiger partial charge in [0.1, 0.15) is 5.82 Å². The van der Waals surface area contributed by atoms with Crippen LogP contribution >= 0.6 is 0 Å². The highest BCUT2D eigenvalue weighted by atomic mass is 14.9. The highest BCUT2D eigenvalue weighted by Gasteiger charge is 2.01. The molecular formula is C12H13N2. The Balaban J connectivity index is 2.25. The van der Waals surface area contributed by atoms with Crippen molar-refractivity contribution in [3.8, 4) is 11.4 Å². The number of nitrogens with one attached hydrogen (secondary N) is 1. The number of aryl methyl sites for hydroxylation is 1. The van der Waals surface area contributed by atoms with Gasteiger partial charge in [-0.1, -0.05) is 37.3 Å². The molecule has 0 unspecified atom stereocenters. The van der Waals surface area contributed by atoms with Gasteiger partial charge < -0.3 is 4.98 Å². The van der Waals surface area contributed by atoms with E-state index in [9.17, 15) is 0 Å². The summed E-state index contributed by atoms with van der Waals surface area (Å²) in [7, 11) is 0. The molecule has 1 heterocycles. The van der Waals surface area contributed by atoms with Crippen LogP contribution in [0.15, 0.2) is 36.5 Å². The minimum absolute atomic E-state index is 0.888. The van der Waals surface area contributed by atoms with Crippen molar-refractivity contribution >= 4 is 0 Å². The van der Waals surface area contributed by atoms with Crippen molar-refractivity contribution in [2.24, 2.45) is 0 Å². The minimum atomic E-state index is 0.888. The van der Waals surface area contributed by atoms with E-state index in [1.807, 2.05) is 36.5 Å². The highest BCUT2D eigenvalue weighted by Crippen LogP contribution is 2.14. The van der Waals surface area contributed by atoms with Crippen LogP contribution in [-0.4, -0.2) is 9.97 Å². The van der Waals surface area contributed by atoms with Crippen LogP contribution < -0.4 is 0 Å². The van der Waals surface area contributed by atoms with Gasteiger partial charge in [-0.2, -0.15) is 0 Å². The predicted molar refractivity (Wildman–Crippen MR) is 57.7 cm³/mol. The molecule has 0 spiro atoms. The zero-order valence-corrected chi connectivity index (χ0v) is 8.03. The molecule has 71 valence electrons. The number of imidazole rings is 1. The lowest BCUT2D eigenvalue weighted by Gasteiger charge is -1.94. The normalized spacial score (nSPS) is 10.4. The van der Waals surface area contributed by atoms with Crippen molar-refractivity contribution in [3.05, 3.63) is 49.1 Å². The first kappa shape index (κ1) is 9.00. The summed E-state index contributed by atoms with van der Waals surface area (Å²) in [6.45, 7) is 3.81. The number of aromatic nitrogens is 2. The lowest BCUT2D eigenvalue weighted by atomic mass is 10.2. The van der Waals surface area contributed by atoms with Crippen LogP contribution in [0, 0.1) is 6.92 Å². The molecule has 0 aliphatic rings. The first-order valence-corrected chi connectivity index (χ1v) is 4.79. The molecular weight excluding hydrogens is 172 g/mol. The highest BCUT2D eigenvalue weighted by molar-refractivity contribution is 5.54. The van der Waals surface area contributed by atoms with Crippen LogP contribution in [0.2, 0.25) is 0 Å². The van der Waals surface area contributed by atoms with Gasteiger partial charge in [0.15, 0.2) is 0 Å². The number of rotatable bonds is 3. The second-order valence-electron chi connectivity index (χ2n) is 3.21. The van der Waals surface area contributed by atoms with Crippen LogP contribution in [-0.2, 0) is 6.42 Å². The van der Waals surface area contributed by atoms with E-state index in [4.69, 9.17) is 0 Å². The maximum Gasteiger partial charge on any atom is 0.137 e. The number of benzene rings is 1. The van der Waals surface area contributed by atoms with Crippen LogP contribution in [0.3, 0.4) is 0 Å². The molecule has 0 atom stereocenters. The van der Waals surface area contributed by atoms with Gasteiger partial charge in [-0.25, -0.2) is 4.98 Å². The van der Waals surface area contributed by atoms with Gasteiger partial charge in [0.05, 0.1) is 5.69 Å². The molecule has 0 saturated heterocycles. The second kappa shape index (κ2) is 4.09. The second-order valence-corrected chi connectivity index (χ2v) is 3.21. The van der Waals surface area contributed by atoms with E-state index >= 15 is 0 Å². The van der Waals surface area contributed by atoms with Crippen LogP contribution in [0.5, 0.6) is 0 Å². The molecule has 0 fully saturated rings. The van der Waals surface area contributed by atoms with Crippen molar-refractivity contribution in [1.29, 1.82) is 0 Å². The molecule has 0 saturated carbocycles. The molecule has 1 radical (unpaired) electrons. The van der Waals surface area contributed by atoms with E-state index in [0.29, 0.717) is 0 Å². The number of hydrogen-bond donors (Lipinski definition) is 1. The fourth-order valence-corrected chi connectivity index (χ4v) is 1.41. The first-order chi connectivity index (χ1) is 6.90. The van der Waals surface area contributed by atoms with Crippen molar-refractivity contribution < 1.29 is 0 Å². The summed E-state index contributed by atoms with van der Waals surface area (Å²) < 4.78 is 0. The zero-order valence-electron chi connectivity index (χ0n) is 8.03. The molecule has 0 bridgehead atoms. The van der Waals surface area contributed by atoms with Gasteiger partial charge in [-0.05, 0) is 12.8 Å². The maximum atomic E-state index is 4.47. The van der Waals surface area contributed by atoms with Crippen molar-refractivity contribution in [2.45, 2.75) is 12.8 Å². The van der Waals surface area contributed by atoms with Crippen molar-refractivity contribution in [1.82, 2.24) is 9.97 Å². The minimum Gasteiger partial charge on any atom is -0.344 e. The molecule has 2 heteroatoms. The fraction of sp³-hybridized carbons (Fsp3) is 0.167. The molecule has 14 heavy (non-hydrogen) atoms. The van der Waals surface area contributed by atoms with Gasteiger partial charge >= 0.3 is 0 Å². The van der Waals surface area contributed by atoms with E-state index in [0.717, 1.165) is 29.9 Å². The first-order valence-electron chi connectivity index (χ1n) is 4.79. The Hall–Kier alpha value is -1.57. The Morgan fingerprint density at radius 2 is 2.00 bits per heavy atom. The molecule has 0 aliphatic carbocycles. The molecule has 2 nitrogen and oxygen atoms in total. The van der Waals surface area contributed by atoms with Gasteiger partial charge in [-0.3, -0.25) is 0 Å². The topological polar surface area (TPSA) is 28.7 Å². The number of hydrogen-bond acceptors (Lipinski definition) is 1. The summed E-state index contributed by atoms with van der Waals surface area (Å²) in [6.07, 6.45) is 3.77. The number of H-pyrrole nitrogens is 1. The van der Waals surface area contributed by atoms with Crippen molar-refractivity contribution in [3.63, 3.8) is 0 Å². The zero-order chi connectivity index (χ0) is 9.80.